The van der Waals surface area contributed by atoms with Gasteiger partial charge in [0.1, 0.15) is 6.04 Å². The summed E-state index contributed by atoms with van der Waals surface area (Å²) in [6, 6.07) is 8.22. The molecule has 0 heterocycles. The number of hydrogen-bond acceptors (Lipinski definition) is 2. The van der Waals surface area contributed by atoms with E-state index in [-0.39, 0.29) is 6.04 Å². The van der Waals surface area contributed by atoms with Crippen LogP contribution in [-0.2, 0) is 0 Å². The molecule has 2 nitrogen and oxygen atoms in total. The summed E-state index contributed by atoms with van der Waals surface area (Å²) in [7, 11) is 0. The number of aryl methyl sites for hydroxylation is 2. The van der Waals surface area contributed by atoms with E-state index in [0.717, 1.165) is 12.1 Å². The van der Waals surface area contributed by atoms with Crippen LogP contribution in [0.25, 0.3) is 0 Å². The molecule has 1 unspecified atom stereocenters. The molecule has 2 heteroatoms. The van der Waals surface area contributed by atoms with Crippen LogP contribution < -0.4 is 5.32 Å². The van der Waals surface area contributed by atoms with Gasteiger partial charge in [-0.25, -0.2) is 0 Å². The number of nitrogens with zero attached hydrogens (tertiary/aromatic N) is 1. The Morgan fingerprint density at radius 1 is 1.36 bits per heavy atom. The fourth-order valence-electron chi connectivity index (χ4n) is 1.70. The molecule has 0 spiro atoms. The Kier molecular flexibility index (Phi) is 3.67. The number of nitriles is 1. The lowest BCUT2D eigenvalue weighted by molar-refractivity contribution is 0.652. The molecule has 0 fully saturated rings. The van der Waals surface area contributed by atoms with E-state index in [1.807, 2.05) is 39.0 Å². The lowest BCUT2D eigenvalue weighted by Gasteiger charge is -2.15. The van der Waals surface area contributed by atoms with E-state index >= 15 is 0 Å². The fourth-order valence-corrected chi connectivity index (χ4v) is 1.70. The maximum absolute atomic E-state index is 9.05. The summed E-state index contributed by atoms with van der Waals surface area (Å²) < 4.78 is 0. The van der Waals surface area contributed by atoms with Gasteiger partial charge in [0.2, 0.25) is 0 Å². The molecule has 0 radical (unpaired) electrons. The first-order valence-electron chi connectivity index (χ1n) is 4.89. The zero-order valence-electron chi connectivity index (χ0n) is 8.96. The molecule has 0 aromatic heterocycles. The van der Waals surface area contributed by atoms with Gasteiger partial charge in [-0.1, -0.05) is 25.1 Å². The van der Waals surface area contributed by atoms with Crippen LogP contribution in [0.1, 0.15) is 29.7 Å². The van der Waals surface area contributed by atoms with Crippen molar-refractivity contribution in [3.8, 4) is 6.07 Å². The van der Waals surface area contributed by atoms with E-state index in [1.54, 1.807) is 0 Å². The molecule has 0 bridgehead atoms. The summed E-state index contributed by atoms with van der Waals surface area (Å²) in [5, 5.41) is 12.2. The Morgan fingerprint density at radius 2 is 1.93 bits per heavy atom. The molecular formula is C12H16N2. The van der Waals surface area contributed by atoms with Crippen LogP contribution >= 0.6 is 0 Å². The van der Waals surface area contributed by atoms with Gasteiger partial charge < -0.3 is 0 Å². The molecule has 1 aromatic rings. The topological polar surface area (TPSA) is 35.8 Å². The highest BCUT2D eigenvalue weighted by atomic mass is 14.9. The summed E-state index contributed by atoms with van der Waals surface area (Å²) in [5.74, 6) is 0. The maximum Gasteiger partial charge on any atom is 0.121 e. The highest BCUT2D eigenvalue weighted by Crippen LogP contribution is 2.20. The lowest BCUT2D eigenvalue weighted by Crippen LogP contribution is -2.20. The zero-order chi connectivity index (χ0) is 10.6. The van der Waals surface area contributed by atoms with E-state index in [0.29, 0.717) is 0 Å². The molecule has 0 aliphatic rings. The molecule has 1 atom stereocenters. The van der Waals surface area contributed by atoms with Crippen molar-refractivity contribution in [2.75, 3.05) is 6.54 Å². The maximum atomic E-state index is 9.05. The molecule has 0 aliphatic heterocycles. The summed E-state index contributed by atoms with van der Waals surface area (Å²) >= 11 is 0. The Morgan fingerprint density at radius 3 is 2.36 bits per heavy atom. The molecule has 1 aromatic carbocycles. The average molecular weight is 188 g/mol. The van der Waals surface area contributed by atoms with Gasteiger partial charge >= 0.3 is 0 Å². The molecule has 0 saturated heterocycles. The summed E-state index contributed by atoms with van der Waals surface area (Å²) in [6.45, 7) is 6.91. The third-order valence-corrected chi connectivity index (χ3v) is 2.37. The molecule has 0 saturated carbocycles. The molecule has 74 valence electrons. The van der Waals surface area contributed by atoms with Crippen molar-refractivity contribution in [1.82, 2.24) is 5.32 Å². The van der Waals surface area contributed by atoms with Gasteiger partial charge in [-0.2, -0.15) is 5.26 Å². The third-order valence-electron chi connectivity index (χ3n) is 2.37. The Balaban J connectivity index is 3.10. The predicted molar refractivity (Wildman–Crippen MR) is 57.9 cm³/mol. The minimum atomic E-state index is -0.179. The lowest BCUT2D eigenvalue weighted by atomic mass is 9.97. The van der Waals surface area contributed by atoms with Gasteiger partial charge in [0.05, 0.1) is 6.07 Å². The van der Waals surface area contributed by atoms with Crippen molar-refractivity contribution in [3.63, 3.8) is 0 Å². The van der Waals surface area contributed by atoms with Crippen LogP contribution in [0.3, 0.4) is 0 Å². The highest BCUT2D eigenvalue weighted by Gasteiger charge is 2.13. The summed E-state index contributed by atoms with van der Waals surface area (Å²) in [4.78, 5) is 0. The quantitative estimate of drug-likeness (QED) is 0.791. The van der Waals surface area contributed by atoms with Crippen LogP contribution in [-0.4, -0.2) is 6.54 Å². The first kappa shape index (κ1) is 10.7. The Hall–Kier alpha value is -1.33. The van der Waals surface area contributed by atoms with Gasteiger partial charge in [0.25, 0.3) is 0 Å². The smallest absolute Gasteiger partial charge is 0.121 e. The fraction of sp³-hybridized carbons (Fsp3) is 0.417. The second kappa shape index (κ2) is 4.78. The number of hydrogen-bond donors (Lipinski definition) is 1. The second-order valence-corrected chi connectivity index (χ2v) is 3.43. The van der Waals surface area contributed by atoms with Crippen LogP contribution in [0.15, 0.2) is 18.2 Å². The second-order valence-electron chi connectivity index (χ2n) is 3.43. The first-order chi connectivity index (χ1) is 6.70. The Bertz CT molecular complexity index is 330. The van der Waals surface area contributed by atoms with Gasteiger partial charge in [-0.15, -0.1) is 0 Å². The van der Waals surface area contributed by atoms with Crippen molar-refractivity contribution in [1.29, 1.82) is 5.26 Å². The molecule has 0 amide bonds. The first-order valence-corrected chi connectivity index (χ1v) is 4.89. The van der Waals surface area contributed by atoms with E-state index < -0.39 is 0 Å². The normalized spacial score (nSPS) is 12.1. The monoisotopic (exact) mass is 188 g/mol. The minimum absolute atomic E-state index is 0.179. The van der Waals surface area contributed by atoms with Crippen LogP contribution in [0.5, 0.6) is 0 Å². The summed E-state index contributed by atoms with van der Waals surface area (Å²) in [5.41, 5.74) is 3.48. The van der Waals surface area contributed by atoms with Crippen molar-refractivity contribution in [2.45, 2.75) is 26.8 Å². The number of benzene rings is 1. The largest absolute Gasteiger partial charge is 0.298 e. The van der Waals surface area contributed by atoms with Crippen molar-refractivity contribution >= 4 is 0 Å². The molecule has 1 rings (SSSR count). The van der Waals surface area contributed by atoms with E-state index in [9.17, 15) is 0 Å². The Labute approximate surface area is 85.6 Å². The minimum Gasteiger partial charge on any atom is -0.298 e. The number of nitrogens with one attached hydrogen (secondary N) is 1. The van der Waals surface area contributed by atoms with E-state index in [4.69, 9.17) is 5.26 Å². The highest BCUT2D eigenvalue weighted by molar-refractivity contribution is 5.38. The van der Waals surface area contributed by atoms with Gasteiger partial charge in [-0.3, -0.25) is 5.32 Å². The SMILES string of the molecule is CCNC(C#N)c1c(C)cccc1C. The van der Waals surface area contributed by atoms with Crippen LogP contribution in [0.4, 0.5) is 0 Å². The predicted octanol–water partition coefficient (Wildman–Crippen LogP) is 2.48. The standard InChI is InChI=1S/C12H16N2/c1-4-14-11(8-13)12-9(2)6-5-7-10(12)3/h5-7,11,14H,4H2,1-3H3. The van der Waals surface area contributed by atoms with E-state index in [2.05, 4.69) is 11.4 Å². The molecule has 0 aliphatic carbocycles. The van der Waals surface area contributed by atoms with Gasteiger partial charge in [-0.05, 0) is 37.1 Å². The molecule has 14 heavy (non-hydrogen) atoms. The van der Waals surface area contributed by atoms with Crippen molar-refractivity contribution in [2.24, 2.45) is 0 Å². The average Bonchev–Trinajstić information content (AvgIpc) is 2.16. The van der Waals surface area contributed by atoms with Gasteiger partial charge in [0.15, 0.2) is 0 Å². The van der Waals surface area contributed by atoms with E-state index in [1.165, 1.54) is 11.1 Å². The van der Waals surface area contributed by atoms with Crippen LogP contribution in [0, 0.1) is 25.2 Å². The van der Waals surface area contributed by atoms with Gasteiger partial charge in [0, 0.05) is 0 Å². The third kappa shape index (κ3) is 2.12. The number of rotatable bonds is 3. The molecular weight excluding hydrogens is 172 g/mol. The molecule has 1 N–H and O–H groups in total. The van der Waals surface area contributed by atoms with Crippen molar-refractivity contribution < 1.29 is 0 Å². The van der Waals surface area contributed by atoms with Crippen LogP contribution in [0.2, 0.25) is 0 Å². The summed E-state index contributed by atoms with van der Waals surface area (Å²) in [6.07, 6.45) is 0. The van der Waals surface area contributed by atoms with Crippen molar-refractivity contribution in [3.05, 3.63) is 34.9 Å². The zero-order valence-corrected chi connectivity index (χ0v) is 8.96.